The van der Waals surface area contributed by atoms with Crippen molar-refractivity contribution in [2.75, 3.05) is 12.3 Å². The van der Waals surface area contributed by atoms with Gasteiger partial charge in [0.05, 0.1) is 5.75 Å². The summed E-state index contributed by atoms with van der Waals surface area (Å²) in [6.07, 6.45) is 0.499. The quantitative estimate of drug-likeness (QED) is 0.783. The summed E-state index contributed by atoms with van der Waals surface area (Å²) in [6, 6.07) is 1.98. The smallest absolute Gasteiger partial charge is 0.211 e. The van der Waals surface area contributed by atoms with E-state index in [0.717, 1.165) is 10.4 Å². The Bertz CT molecular complexity index is 398. The van der Waals surface area contributed by atoms with E-state index < -0.39 is 10.0 Å². The van der Waals surface area contributed by atoms with Crippen molar-refractivity contribution in [1.82, 2.24) is 4.72 Å². The molecule has 1 heterocycles. The largest absolute Gasteiger partial charge is 0.330 e. The maximum Gasteiger partial charge on any atom is 0.211 e. The van der Waals surface area contributed by atoms with Crippen molar-refractivity contribution < 1.29 is 8.42 Å². The van der Waals surface area contributed by atoms with Crippen molar-refractivity contribution >= 4 is 21.4 Å². The molecule has 0 radical (unpaired) electrons. The molecule has 0 aromatic carbocycles. The van der Waals surface area contributed by atoms with Crippen LogP contribution in [0.15, 0.2) is 11.4 Å². The van der Waals surface area contributed by atoms with E-state index in [4.69, 9.17) is 5.73 Å². The third kappa shape index (κ3) is 4.29. The summed E-state index contributed by atoms with van der Waals surface area (Å²) in [7, 11) is -3.16. The van der Waals surface area contributed by atoms with Gasteiger partial charge in [0, 0.05) is 11.4 Å². The minimum atomic E-state index is -3.16. The van der Waals surface area contributed by atoms with Crippen LogP contribution >= 0.6 is 11.3 Å². The molecule has 0 aliphatic heterocycles. The Balaban J connectivity index is 2.46. The lowest BCUT2D eigenvalue weighted by molar-refractivity contribution is 0.579. The fourth-order valence-corrected chi connectivity index (χ4v) is 3.10. The highest BCUT2D eigenvalue weighted by Crippen LogP contribution is 2.15. The highest BCUT2D eigenvalue weighted by Gasteiger charge is 2.10. The summed E-state index contributed by atoms with van der Waals surface area (Å²) >= 11 is 1.56. The molecule has 3 N–H and O–H groups in total. The number of rotatable bonds is 6. The van der Waals surface area contributed by atoms with E-state index in [1.807, 2.05) is 18.4 Å². The third-order valence-electron chi connectivity index (χ3n) is 2.04. The summed E-state index contributed by atoms with van der Waals surface area (Å²) in [6.45, 7) is 2.76. The zero-order valence-corrected chi connectivity index (χ0v) is 10.3. The molecule has 0 saturated heterocycles. The molecule has 6 heteroatoms. The van der Waals surface area contributed by atoms with Gasteiger partial charge in [0.2, 0.25) is 10.0 Å². The maximum atomic E-state index is 11.4. The van der Waals surface area contributed by atoms with Crippen LogP contribution in [0.25, 0.3) is 0 Å². The lowest BCUT2D eigenvalue weighted by atomic mass is 10.3. The Morgan fingerprint density at radius 2 is 2.27 bits per heavy atom. The molecule has 0 bridgehead atoms. The summed E-state index contributed by atoms with van der Waals surface area (Å²) in [5.74, 6) is 0.105. The zero-order valence-electron chi connectivity index (χ0n) is 8.69. The Hall–Kier alpha value is -0.430. The highest BCUT2D eigenvalue weighted by molar-refractivity contribution is 7.89. The van der Waals surface area contributed by atoms with Crippen molar-refractivity contribution in [1.29, 1.82) is 0 Å². The number of nitrogens with two attached hydrogens (primary N) is 1. The normalized spacial score (nSPS) is 11.9. The monoisotopic (exact) mass is 248 g/mol. The molecule has 0 saturated carbocycles. The molecule has 0 atom stereocenters. The van der Waals surface area contributed by atoms with Crippen molar-refractivity contribution in [3.8, 4) is 0 Å². The molecule has 0 unspecified atom stereocenters. The molecule has 0 fully saturated rings. The maximum absolute atomic E-state index is 11.4. The number of nitrogens with one attached hydrogen (secondary N) is 1. The van der Waals surface area contributed by atoms with Crippen LogP contribution in [0.5, 0.6) is 0 Å². The van der Waals surface area contributed by atoms with E-state index in [1.165, 1.54) is 0 Å². The number of hydrogen-bond acceptors (Lipinski definition) is 4. The molecule has 0 spiro atoms. The van der Waals surface area contributed by atoms with Crippen LogP contribution in [-0.2, 0) is 16.6 Å². The van der Waals surface area contributed by atoms with Crippen molar-refractivity contribution in [2.45, 2.75) is 19.9 Å². The molecule has 1 aromatic heterocycles. The Labute approximate surface area is 94.5 Å². The SMILES string of the molecule is Cc1ccsc1CNS(=O)(=O)CCCN. The Kier molecular flexibility index (Phi) is 4.72. The summed E-state index contributed by atoms with van der Waals surface area (Å²) < 4.78 is 25.4. The number of hydrogen-bond donors (Lipinski definition) is 2. The Morgan fingerprint density at radius 3 is 2.80 bits per heavy atom. The van der Waals surface area contributed by atoms with E-state index in [-0.39, 0.29) is 5.75 Å². The fraction of sp³-hybridized carbons (Fsp3) is 0.556. The molecular formula is C9H16N2O2S2. The fourth-order valence-electron chi connectivity index (χ4n) is 1.11. The minimum absolute atomic E-state index is 0.105. The van der Waals surface area contributed by atoms with Gasteiger partial charge in [0.25, 0.3) is 0 Å². The van der Waals surface area contributed by atoms with E-state index >= 15 is 0 Å². The minimum Gasteiger partial charge on any atom is -0.330 e. The van der Waals surface area contributed by atoms with E-state index in [0.29, 0.717) is 19.5 Å². The van der Waals surface area contributed by atoms with Crippen LogP contribution in [0.2, 0.25) is 0 Å². The molecule has 86 valence electrons. The van der Waals surface area contributed by atoms with Gasteiger partial charge in [-0.2, -0.15) is 0 Å². The first-order chi connectivity index (χ1) is 7.05. The van der Waals surface area contributed by atoms with Gasteiger partial charge in [-0.1, -0.05) is 0 Å². The van der Waals surface area contributed by atoms with Crippen molar-refractivity contribution in [2.24, 2.45) is 5.73 Å². The standard InChI is InChI=1S/C9H16N2O2S2/c1-8-3-5-14-9(8)7-11-15(12,13)6-2-4-10/h3,5,11H,2,4,6-7,10H2,1H3. The molecule has 0 aliphatic rings. The van der Waals surface area contributed by atoms with Gasteiger partial charge in [-0.15, -0.1) is 11.3 Å². The van der Waals surface area contributed by atoms with Gasteiger partial charge < -0.3 is 5.73 Å². The van der Waals surface area contributed by atoms with E-state index in [1.54, 1.807) is 11.3 Å². The Morgan fingerprint density at radius 1 is 1.53 bits per heavy atom. The second-order valence-corrected chi connectivity index (χ2v) is 6.24. The summed E-state index contributed by atoms with van der Waals surface area (Å²) in [5, 5.41) is 1.96. The van der Waals surface area contributed by atoms with Crippen LogP contribution in [0.3, 0.4) is 0 Å². The molecular weight excluding hydrogens is 232 g/mol. The van der Waals surface area contributed by atoms with Gasteiger partial charge in [-0.3, -0.25) is 0 Å². The van der Waals surface area contributed by atoms with Crippen molar-refractivity contribution in [3.05, 3.63) is 21.9 Å². The van der Waals surface area contributed by atoms with Gasteiger partial charge in [0.15, 0.2) is 0 Å². The molecule has 15 heavy (non-hydrogen) atoms. The molecule has 1 aromatic rings. The van der Waals surface area contributed by atoms with Gasteiger partial charge in [-0.05, 0) is 36.9 Å². The van der Waals surface area contributed by atoms with Gasteiger partial charge in [0.1, 0.15) is 0 Å². The predicted octanol–water partition coefficient (Wildman–Crippen LogP) is 0.825. The molecule has 0 amide bonds. The topological polar surface area (TPSA) is 72.2 Å². The van der Waals surface area contributed by atoms with Gasteiger partial charge >= 0.3 is 0 Å². The van der Waals surface area contributed by atoms with Gasteiger partial charge in [-0.25, -0.2) is 13.1 Å². The van der Waals surface area contributed by atoms with Crippen LogP contribution in [0.1, 0.15) is 16.9 Å². The van der Waals surface area contributed by atoms with Crippen LogP contribution in [0, 0.1) is 6.92 Å². The van der Waals surface area contributed by atoms with E-state index in [2.05, 4.69) is 4.72 Å². The lowest BCUT2D eigenvalue weighted by Crippen LogP contribution is -2.26. The van der Waals surface area contributed by atoms with E-state index in [9.17, 15) is 8.42 Å². The average Bonchev–Trinajstić information content (AvgIpc) is 2.58. The second kappa shape index (κ2) is 5.60. The summed E-state index contributed by atoms with van der Waals surface area (Å²) in [4.78, 5) is 1.06. The number of sulfonamides is 1. The first-order valence-electron chi connectivity index (χ1n) is 4.75. The second-order valence-electron chi connectivity index (χ2n) is 3.31. The van der Waals surface area contributed by atoms with Crippen molar-refractivity contribution in [3.63, 3.8) is 0 Å². The lowest BCUT2D eigenvalue weighted by Gasteiger charge is -2.05. The third-order valence-corrected chi connectivity index (χ3v) is 4.47. The highest BCUT2D eigenvalue weighted by atomic mass is 32.2. The summed E-state index contributed by atoms with van der Waals surface area (Å²) in [5.41, 5.74) is 6.39. The first-order valence-corrected chi connectivity index (χ1v) is 7.29. The van der Waals surface area contributed by atoms with Crippen LogP contribution in [-0.4, -0.2) is 20.7 Å². The number of aryl methyl sites for hydroxylation is 1. The number of thiophene rings is 1. The first kappa shape index (κ1) is 12.6. The molecule has 1 rings (SSSR count). The van der Waals surface area contributed by atoms with Crippen LogP contribution < -0.4 is 10.5 Å². The van der Waals surface area contributed by atoms with Crippen LogP contribution in [0.4, 0.5) is 0 Å². The predicted molar refractivity (Wildman–Crippen MR) is 63.4 cm³/mol. The molecule has 4 nitrogen and oxygen atoms in total. The molecule has 0 aliphatic carbocycles. The zero-order chi connectivity index (χ0) is 11.3. The average molecular weight is 248 g/mol.